The first-order valence-corrected chi connectivity index (χ1v) is 8.50. The number of hydrogen-bond donors (Lipinski definition) is 2. The van der Waals surface area contributed by atoms with Crippen molar-refractivity contribution >= 4 is 17.4 Å². The number of alkyl carbamates (subject to hydrolysis) is 1. The van der Waals surface area contributed by atoms with Crippen LogP contribution in [0.15, 0.2) is 5.38 Å². The minimum Gasteiger partial charge on any atom is -0.444 e. The van der Waals surface area contributed by atoms with Gasteiger partial charge >= 0.3 is 6.09 Å². The first kappa shape index (κ1) is 18.9. The van der Waals surface area contributed by atoms with Crippen LogP contribution in [0.2, 0.25) is 0 Å². The molecule has 0 bridgehead atoms. The third kappa shape index (κ3) is 7.22. The van der Waals surface area contributed by atoms with E-state index in [0.717, 1.165) is 10.7 Å². The van der Waals surface area contributed by atoms with Gasteiger partial charge in [0.2, 0.25) is 0 Å². The van der Waals surface area contributed by atoms with Gasteiger partial charge < -0.3 is 15.4 Å². The molecule has 0 saturated heterocycles. The lowest BCUT2D eigenvalue weighted by molar-refractivity contribution is 0.0508. The van der Waals surface area contributed by atoms with E-state index in [1.54, 1.807) is 11.3 Å². The van der Waals surface area contributed by atoms with Crippen LogP contribution in [0, 0.1) is 0 Å². The number of nitrogens with one attached hydrogen (secondary N) is 2. The number of rotatable bonds is 5. The molecule has 1 heterocycles. The fourth-order valence-electron chi connectivity index (χ4n) is 1.71. The van der Waals surface area contributed by atoms with Crippen molar-refractivity contribution < 1.29 is 9.53 Å². The summed E-state index contributed by atoms with van der Waals surface area (Å²) in [4.78, 5) is 16.3. The lowest BCUT2D eigenvalue weighted by atomic mass is 9.98. The number of thiazole rings is 1. The van der Waals surface area contributed by atoms with Gasteiger partial charge in [-0.3, -0.25) is 0 Å². The van der Waals surface area contributed by atoms with Gasteiger partial charge in [-0.2, -0.15) is 0 Å². The number of nitrogens with zero attached hydrogens (tertiary/aromatic N) is 1. The summed E-state index contributed by atoms with van der Waals surface area (Å²) in [5.41, 5.74) is 0.662. The van der Waals surface area contributed by atoms with Crippen LogP contribution in [-0.2, 0) is 16.7 Å². The molecule has 0 radical (unpaired) electrons. The molecule has 0 aliphatic heterocycles. The molecule has 1 atom stereocenters. The lowest BCUT2D eigenvalue weighted by Crippen LogP contribution is -2.42. The van der Waals surface area contributed by atoms with E-state index in [-0.39, 0.29) is 17.6 Å². The first-order valence-electron chi connectivity index (χ1n) is 7.62. The van der Waals surface area contributed by atoms with Crippen molar-refractivity contribution in [2.45, 2.75) is 72.1 Å². The van der Waals surface area contributed by atoms with Gasteiger partial charge in [0.25, 0.3) is 0 Å². The van der Waals surface area contributed by atoms with E-state index in [1.807, 2.05) is 27.7 Å². The Morgan fingerprint density at radius 3 is 2.45 bits per heavy atom. The molecule has 1 aromatic rings. The summed E-state index contributed by atoms with van der Waals surface area (Å²) in [7, 11) is 0. The minimum atomic E-state index is -0.471. The van der Waals surface area contributed by atoms with Crippen LogP contribution in [0.3, 0.4) is 0 Å². The molecule has 2 N–H and O–H groups in total. The monoisotopic (exact) mass is 327 g/mol. The van der Waals surface area contributed by atoms with Crippen LogP contribution in [0.4, 0.5) is 4.79 Å². The van der Waals surface area contributed by atoms with E-state index in [9.17, 15) is 4.79 Å². The summed E-state index contributed by atoms with van der Waals surface area (Å²) in [6, 6.07) is -0.00410. The Kier molecular flexibility index (Phi) is 6.38. The Morgan fingerprint density at radius 1 is 1.32 bits per heavy atom. The van der Waals surface area contributed by atoms with Gasteiger partial charge in [0, 0.05) is 29.9 Å². The third-order valence-corrected chi connectivity index (χ3v) is 4.03. The van der Waals surface area contributed by atoms with Crippen molar-refractivity contribution in [3.63, 3.8) is 0 Å². The second-order valence-corrected chi connectivity index (χ2v) is 8.43. The molecule has 0 saturated carbocycles. The number of carbonyl (C=O) groups excluding carboxylic acids is 1. The van der Waals surface area contributed by atoms with Crippen LogP contribution in [0.1, 0.15) is 59.2 Å². The quantitative estimate of drug-likeness (QED) is 0.869. The molecule has 0 fully saturated rings. The normalized spacial score (nSPS) is 13.8. The Labute approximate surface area is 137 Å². The van der Waals surface area contributed by atoms with Gasteiger partial charge in [0.15, 0.2) is 0 Å². The maximum atomic E-state index is 11.6. The maximum absolute atomic E-state index is 11.6. The fourth-order valence-corrected chi connectivity index (χ4v) is 2.62. The van der Waals surface area contributed by atoms with Gasteiger partial charge in [-0.25, -0.2) is 9.78 Å². The van der Waals surface area contributed by atoms with E-state index in [2.05, 4.69) is 41.8 Å². The van der Waals surface area contributed by atoms with Gasteiger partial charge in [0.1, 0.15) is 5.60 Å². The van der Waals surface area contributed by atoms with Crippen LogP contribution in [0.5, 0.6) is 0 Å². The number of carbonyl (C=O) groups is 1. The molecular formula is C16H29N3O2S. The molecule has 22 heavy (non-hydrogen) atoms. The average Bonchev–Trinajstić information content (AvgIpc) is 2.74. The summed E-state index contributed by atoms with van der Waals surface area (Å²) < 4.78 is 5.23. The molecule has 0 aliphatic rings. The third-order valence-electron chi connectivity index (χ3n) is 2.71. The molecule has 5 nitrogen and oxygen atoms in total. The van der Waals surface area contributed by atoms with E-state index < -0.39 is 5.60 Å². The van der Waals surface area contributed by atoms with E-state index >= 15 is 0 Å². The lowest BCUT2D eigenvalue weighted by Gasteiger charge is -2.22. The Hall–Kier alpha value is -1.14. The zero-order valence-corrected chi connectivity index (χ0v) is 15.6. The number of amides is 1. The molecule has 1 amide bonds. The molecule has 0 aromatic carbocycles. The SMILES string of the molecule is CC(CNCc1csc(C(C)(C)C)n1)NC(=O)OC(C)(C)C. The molecule has 6 heteroatoms. The first-order chi connectivity index (χ1) is 9.97. The highest BCUT2D eigenvalue weighted by Crippen LogP contribution is 2.25. The molecule has 126 valence electrons. The maximum Gasteiger partial charge on any atom is 0.407 e. The number of aromatic nitrogens is 1. The number of ether oxygens (including phenoxy) is 1. The molecule has 0 spiro atoms. The highest BCUT2D eigenvalue weighted by Gasteiger charge is 2.19. The summed E-state index contributed by atoms with van der Waals surface area (Å²) in [6.45, 7) is 15.4. The second kappa shape index (κ2) is 7.42. The Bertz CT molecular complexity index is 486. The summed E-state index contributed by atoms with van der Waals surface area (Å²) in [5, 5.41) is 9.34. The van der Waals surface area contributed by atoms with Crippen molar-refractivity contribution in [3.05, 3.63) is 16.1 Å². The zero-order chi connectivity index (χ0) is 17.0. The molecule has 1 aromatic heterocycles. The van der Waals surface area contributed by atoms with E-state index in [1.165, 1.54) is 0 Å². The van der Waals surface area contributed by atoms with Crippen LogP contribution >= 0.6 is 11.3 Å². The summed E-state index contributed by atoms with van der Waals surface area (Å²) >= 11 is 1.69. The van der Waals surface area contributed by atoms with E-state index in [4.69, 9.17) is 4.74 Å². The van der Waals surface area contributed by atoms with Gasteiger partial charge in [-0.1, -0.05) is 20.8 Å². The van der Waals surface area contributed by atoms with Gasteiger partial charge in [-0.05, 0) is 27.7 Å². The summed E-state index contributed by atoms with van der Waals surface area (Å²) in [5.74, 6) is 0. The highest BCUT2D eigenvalue weighted by atomic mass is 32.1. The number of hydrogen-bond acceptors (Lipinski definition) is 5. The molecular weight excluding hydrogens is 298 g/mol. The van der Waals surface area contributed by atoms with Crippen LogP contribution in [-0.4, -0.2) is 29.3 Å². The van der Waals surface area contributed by atoms with Crippen molar-refractivity contribution in [1.29, 1.82) is 0 Å². The van der Waals surface area contributed by atoms with Crippen molar-refractivity contribution in [1.82, 2.24) is 15.6 Å². The standard InChI is InChI=1S/C16H29N3O2S/c1-11(18-14(20)21-16(5,6)7)8-17-9-12-10-22-13(19-12)15(2,3)4/h10-11,17H,8-9H2,1-7H3,(H,18,20). The minimum absolute atomic E-state index is 0.00410. The van der Waals surface area contributed by atoms with Crippen LogP contribution in [0.25, 0.3) is 0 Å². The van der Waals surface area contributed by atoms with Crippen molar-refractivity contribution in [2.75, 3.05) is 6.54 Å². The topological polar surface area (TPSA) is 63.2 Å². The van der Waals surface area contributed by atoms with Gasteiger partial charge in [0.05, 0.1) is 10.7 Å². The fraction of sp³-hybridized carbons (Fsp3) is 0.750. The van der Waals surface area contributed by atoms with Crippen molar-refractivity contribution in [3.8, 4) is 0 Å². The Morgan fingerprint density at radius 2 is 1.95 bits per heavy atom. The average molecular weight is 327 g/mol. The second-order valence-electron chi connectivity index (χ2n) is 7.57. The summed E-state index contributed by atoms with van der Waals surface area (Å²) in [6.07, 6.45) is -0.384. The van der Waals surface area contributed by atoms with E-state index in [0.29, 0.717) is 13.1 Å². The predicted molar refractivity (Wildman–Crippen MR) is 91.4 cm³/mol. The van der Waals surface area contributed by atoms with Crippen molar-refractivity contribution in [2.24, 2.45) is 0 Å². The zero-order valence-electron chi connectivity index (χ0n) is 14.7. The molecule has 1 rings (SSSR count). The smallest absolute Gasteiger partial charge is 0.407 e. The Balaban J connectivity index is 2.32. The predicted octanol–water partition coefficient (Wildman–Crippen LogP) is 3.44. The molecule has 1 unspecified atom stereocenters. The van der Waals surface area contributed by atoms with Crippen LogP contribution < -0.4 is 10.6 Å². The molecule has 0 aliphatic carbocycles. The van der Waals surface area contributed by atoms with Gasteiger partial charge in [-0.15, -0.1) is 11.3 Å². The highest BCUT2D eigenvalue weighted by molar-refractivity contribution is 7.09. The largest absolute Gasteiger partial charge is 0.444 e.